The highest BCUT2D eigenvalue weighted by Gasteiger charge is 2.14. The molecule has 1 aromatic heterocycles. The highest BCUT2D eigenvalue weighted by atomic mass is 16.5. The number of rotatable bonds is 4. The Morgan fingerprint density at radius 2 is 2.08 bits per heavy atom. The molecular formula is C9H12NO2+. The first-order chi connectivity index (χ1) is 5.88. The molecule has 0 radical (unpaired) electrons. The third-order valence-corrected chi connectivity index (χ3v) is 1.49. The van der Waals surface area contributed by atoms with Gasteiger partial charge in [0.1, 0.15) is 0 Å². The molecule has 0 saturated carbocycles. The van der Waals surface area contributed by atoms with E-state index in [-0.39, 0.29) is 0 Å². The van der Waals surface area contributed by atoms with Gasteiger partial charge in [-0.1, -0.05) is 6.07 Å². The first kappa shape index (κ1) is 8.87. The molecule has 0 aliphatic carbocycles. The van der Waals surface area contributed by atoms with Crippen molar-refractivity contribution in [2.75, 3.05) is 6.61 Å². The van der Waals surface area contributed by atoms with Crippen LogP contribution < -0.4 is 4.57 Å². The lowest BCUT2D eigenvalue weighted by molar-refractivity contribution is -0.744. The van der Waals surface area contributed by atoms with Gasteiger partial charge in [0, 0.05) is 12.1 Å². The van der Waals surface area contributed by atoms with Gasteiger partial charge in [-0.15, -0.1) is 0 Å². The van der Waals surface area contributed by atoms with Crippen LogP contribution in [0.25, 0.3) is 0 Å². The second kappa shape index (κ2) is 4.62. The van der Waals surface area contributed by atoms with Crippen molar-refractivity contribution >= 4 is 6.29 Å². The highest BCUT2D eigenvalue weighted by molar-refractivity contribution is 5.51. The van der Waals surface area contributed by atoms with Crippen molar-refractivity contribution in [2.24, 2.45) is 0 Å². The SMILES string of the molecule is CCOC(C=O)[n+]1ccccc1. The summed E-state index contributed by atoms with van der Waals surface area (Å²) in [7, 11) is 0. The summed E-state index contributed by atoms with van der Waals surface area (Å²) in [5, 5.41) is 0. The Hall–Kier alpha value is -1.22. The van der Waals surface area contributed by atoms with Gasteiger partial charge >= 0.3 is 6.23 Å². The van der Waals surface area contributed by atoms with E-state index in [2.05, 4.69) is 0 Å². The Balaban J connectivity index is 2.73. The number of carbonyl (C=O) groups is 1. The van der Waals surface area contributed by atoms with Crippen molar-refractivity contribution in [3.8, 4) is 0 Å². The van der Waals surface area contributed by atoms with Gasteiger partial charge in [0.05, 0.1) is 6.61 Å². The predicted molar refractivity (Wildman–Crippen MR) is 43.4 cm³/mol. The maximum Gasteiger partial charge on any atom is 0.320 e. The van der Waals surface area contributed by atoms with E-state index < -0.39 is 6.23 Å². The number of pyridine rings is 1. The molecule has 0 bridgehead atoms. The summed E-state index contributed by atoms with van der Waals surface area (Å²) in [4.78, 5) is 10.5. The number of hydrogen-bond donors (Lipinski definition) is 0. The molecule has 0 aliphatic rings. The van der Waals surface area contributed by atoms with Crippen LogP contribution in [0.5, 0.6) is 0 Å². The van der Waals surface area contributed by atoms with Crippen LogP contribution in [0.15, 0.2) is 30.6 Å². The maximum atomic E-state index is 10.5. The first-order valence-corrected chi connectivity index (χ1v) is 3.91. The van der Waals surface area contributed by atoms with Gasteiger partial charge < -0.3 is 4.74 Å². The van der Waals surface area contributed by atoms with Gasteiger partial charge in [0.15, 0.2) is 12.4 Å². The largest absolute Gasteiger partial charge is 0.320 e. The van der Waals surface area contributed by atoms with E-state index in [0.29, 0.717) is 6.61 Å². The fourth-order valence-corrected chi connectivity index (χ4v) is 0.948. The summed E-state index contributed by atoms with van der Waals surface area (Å²) in [5.74, 6) is 0. The maximum absolute atomic E-state index is 10.5. The Kier molecular flexibility index (Phi) is 3.41. The summed E-state index contributed by atoms with van der Waals surface area (Å²) in [6.45, 7) is 2.39. The van der Waals surface area contributed by atoms with Crippen LogP contribution >= 0.6 is 0 Å². The lowest BCUT2D eigenvalue weighted by Crippen LogP contribution is -2.41. The fourth-order valence-electron chi connectivity index (χ4n) is 0.948. The standard InChI is InChI=1S/C9H12NO2/c1-2-12-9(8-11)10-6-4-3-5-7-10/h3-9H,2H2,1H3/q+1. The molecule has 3 nitrogen and oxygen atoms in total. The summed E-state index contributed by atoms with van der Waals surface area (Å²) >= 11 is 0. The summed E-state index contributed by atoms with van der Waals surface area (Å²) in [6.07, 6.45) is 3.89. The molecule has 12 heavy (non-hydrogen) atoms. The van der Waals surface area contributed by atoms with Gasteiger partial charge in [-0.2, -0.15) is 4.57 Å². The van der Waals surface area contributed by atoms with E-state index in [4.69, 9.17) is 4.74 Å². The van der Waals surface area contributed by atoms with Crippen LogP contribution in [-0.2, 0) is 9.53 Å². The van der Waals surface area contributed by atoms with Crippen molar-refractivity contribution in [2.45, 2.75) is 13.2 Å². The Morgan fingerprint density at radius 3 is 2.58 bits per heavy atom. The van der Waals surface area contributed by atoms with E-state index in [1.165, 1.54) is 0 Å². The lowest BCUT2D eigenvalue weighted by Gasteiger charge is -2.03. The molecule has 0 N–H and O–H groups in total. The van der Waals surface area contributed by atoms with Gasteiger partial charge in [-0.3, -0.25) is 4.79 Å². The molecule has 0 saturated heterocycles. The third-order valence-electron chi connectivity index (χ3n) is 1.49. The van der Waals surface area contributed by atoms with E-state index in [1.807, 2.05) is 25.1 Å². The van der Waals surface area contributed by atoms with Crippen LogP contribution in [-0.4, -0.2) is 12.9 Å². The zero-order valence-corrected chi connectivity index (χ0v) is 7.01. The molecule has 0 aromatic carbocycles. The summed E-state index contributed by atoms with van der Waals surface area (Å²) < 4.78 is 6.89. The highest BCUT2D eigenvalue weighted by Crippen LogP contribution is 1.93. The molecule has 1 rings (SSSR count). The number of carbonyl (C=O) groups excluding carboxylic acids is 1. The molecule has 3 heteroatoms. The summed E-state index contributed by atoms with van der Waals surface area (Å²) in [5.41, 5.74) is 0. The smallest absolute Gasteiger partial charge is 0.315 e. The van der Waals surface area contributed by atoms with Crippen molar-refractivity contribution < 1.29 is 14.1 Å². The molecule has 1 atom stereocenters. The minimum absolute atomic E-state index is 0.490. The Morgan fingerprint density at radius 1 is 1.42 bits per heavy atom. The lowest BCUT2D eigenvalue weighted by atomic mass is 10.4. The topological polar surface area (TPSA) is 30.2 Å². The van der Waals surface area contributed by atoms with Crippen molar-refractivity contribution in [1.82, 2.24) is 0 Å². The average molecular weight is 166 g/mol. The average Bonchev–Trinajstić information content (AvgIpc) is 2.15. The first-order valence-electron chi connectivity index (χ1n) is 3.91. The molecule has 0 aliphatic heterocycles. The van der Waals surface area contributed by atoms with Gasteiger partial charge in [-0.25, -0.2) is 0 Å². The van der Waals surface area contributed by atoms with E-state index >= 15 is 0 Å². The number of aromatic nitrogens is 1. The van der Waals surface area contributed by atoms with Crippen LogP contribution in [0.4, 0.5) is 0 Å². The predicted octanol–water partition coefficient (Wildman–Crippen LogP) is 0.708. The molecule has 0 spiro atoms. The molecule has 1 heterocycles. The number of hydrogen-bond acceptors (Lipinski definition) is 2. The number of nitrogens with zero attached hydrogens (tertiary/aromatic N) is 1. The third kappa shape index (κ3) is 2.13. The quantitative estimate of drug-likeness (QED) is 0.487. The van der Waals surface area contributed by atoms with Gasteiger partial charge in [0.2, 0.25) is 6.29 Å². The van der Waals surface area contributed by atoms with Crippen LogP contribution in [0.2, 0.25) is 0 Å². The summed E-state index contributed by atoms with van der Waals surface area (Å²) in [6, 6.07) is 5.61. The second-order valence-corrected chi connectivity index (χ2v) is 2.30. The van der Waals surface area contributed by atoms with Crippen LogP contribution in [0.3, 0.4) is 0 Å². The van der Waals surface area contributed by atoms with Gasteiger partial charge in [-0.05, 0) is 6.92 Å². The zero-order valence-electron chi connectivity index (χ0n) is 7.01. The van der Waals surface area contributed by atoms with Crippen molar-refractivity contribution in [3.63, 3.8) is 0 Å². The normalized spacial score (nSPS) is 12.4. The Labute approximate surface area is 71.6 Å². The molecular weight excluding hydrogens is 154 g/mol. The minimum Gasteiger partial charge on any atom is -0.315 e. The second-order valence-electron chi connectivity index (χ2n) is 2.30. The molecule has 1 aromatic rings. The van der Waals surface area contributed by atoms with Crippen molar-refractivity contribution in [3.05, 3.63) is 30.6 Å². The number of aldehydes is 1. The number of ether oxygens (including phenoxy) is 1. The molecule has 64 valence electrons. The fraction of sp³-hybridized carbons (Fsp3) is 0.333. The monoisotopic (exact) mass is 166 g/mol. The van der Waals surface area contributed by atoms with Crippen molar-refractivity contribution in [1.29, 1.82) is 0 Å². The van der Waals surface area contributed by atoms with Gasteiger partial charge in [0.25, 0.3) is 0 Å². The van der Waals surface area contributed by atoms with E-state index in [1.54, 1.807) is 17.0 Å². The molecule has 0 fully saturated rings. The van der Waals surface area contributed by atoms with E-state index in [9.17, 15) is 4.79 Å². The Bertz CT molecular complexity index is 236. The van der Waals surface area contributed by atoms with E-state index in [0.717, 1.165) is 6.29 Å². The van der Waals surface area contributed by atoms with Crippen LogP contribution in [0, 0.1) is 0 Å². The molecule has 0 amide bonds. The zero-order chi connectivity index (χ0) is 8.81. The molecule has 1 unspecified atom stereocenters. The minimum atomic E-state index is -0.490. The van der Waals surface area contributed by atoms with Crippen LogP contribution in [0.1, 0.15) is 13.2 Å².